The normalized spacial score (nSPS) is 11.5. The van der Waals surface area contributed by atoms with Crippen LogP contribution in [-0.2, 0) is 12.8 Å². The van der Waals surface area contributed by atoms with Gasteiger partial charge in [-0.2, -0.15) is 13.2 Å². The molecule has 0 fully saturated rings. The molecule has 3 aromatic rings. The van der Waals surface area contributed by atoms with Gasteiger partial charge in [-0.05, 0) is 39.7 Å². The lowest BCUT2D eigenvalue weighted by Crippen LogP contribution is -2.03. The van der Waals surface area contributed by atoms with Crippen LogP contribution in [0.25, 0.3) is 12.2 Å². The zero-order valence-electron chi connectivity index (χ0n) is 14.8. The monoisotopic (exact) mass is 543 g/mol. The Morgan fingerprint density at radius 3 is 2.23 bits per heavy atom. The van der Waals surface area contributed by atoms with Gasteiger partial charge >= 0.3 is 12.2 Å². The Balaban J connectivity index is 0.000000735. The van der Waals surface area contributed by atoms with Crippen LogP contribution in [0.5, 0.6) is 6.01 Å². The molecule has 1 aromatic carbocycles. The van der Waals surface area contributed by atoms with Gasteiger partial charge in [-0.15, -0.1) is 0 Å². The molecule has 12 heteroatoms. The van der Waals surface area contributed by atoms with E-state index in [4.69, 9.17) is 44.0 Å². The number of oxazole rings is 1. The fraction of sp³-hybridized carbons (Fsp3) is 0.167. The predicted octanol–water partition coefficient (Wildman–Crippen LogP) is 6.98. The number of aromatic nitrogens is 3. The largest absolute Gasteiger partial charge is 0.457 e. The van der Waals surface area contributed by atoms with Gasteiger partial charge in [0.1, 0.15) is 18.6 Å². The lowest BCUT2D eigenvalue weighted by molar-refractivity contribution is -0.137. The molecular weight excluding hydrogens is 533 g/mol. The van der Waals surface area contributed by atoms with Crippen LogP contribution in [0.1, 0.15) is 22.7 Å². The zero-order chi connectivity index (χ0) is 22.1. The number of hydrogen-bond acceptors (Lipinski definition) is 5. The van der Waals surface area contributed by atoms with Crippen molar-refractivity contribution in [3.8, 4) is 6.01 Å². The van der Waals surface area contributed by atoms with Crippen molar-refractivity contribution in [3.63, 3.8) is 0 Å². The zero-order valence-corrected chi connectivity index (χ0v) is 18.6. The van der Waals surface area contributed by atoms with Gasteiger partial charge in [-0.1, -0.05) is 46.9 Å². The molecule has 0 bridgehead atoms. The minimum absolute atomic E-state index is 0.124. The van der Waals surface area contributed by atoms with Gasteiger partial charge in [-0.3, -0.25) is 0 Å². The second kappa shape index (κ2) is 11.5. The SMILES string of the molecule is ClC(Cl)Cl.FC(F)(F)c1ccc(C=Cc2nc(COc3ncc(Br)cn3)co2)cc1. The first kappa shape index (κ1) is 24.5. The summed E-state index contributed by atoms with van der Waals surface area (Å²) in [5.74, 6) is 0.306. The number of rotatable bonds is 5. The molecule has 0 amide bonds. The van der Waals surface area contributed by atoms with Crippen LogP contribution in [0.3, 0.4) is 0 Å². The van der Waals surface area contributed by atoms with Gasteiger partial charge in [0.2, 0.25) is 5.89 Å². The predicted molar refractivity (Wildman–Crippen MR) is 112 cm³/mol. The summed E-state index contributed by atoms with van der Waals surface area (Å²) < 4.78 is 48.2. The minimum atomic E-state index is -4.35. The number of halogens is 7. The Morgan fingerprint density at radius 2 is 1.67 bits per heavy atom. The molecule has 160 valence electrons. The van der Waals surface area contributed by atoms with Crippen molar-refractivity contribution in [2.45, 2.75) is 17.1 Å². The highest BCUT2D eigenvalue weighted by molar-refractivity contribution is 9.10. The number of ether oxygens (including phenoxy) is 1. The highest BCUT2D eigenvalue weighted by Crippen LogP contribution is 2.29. The average Bonchev–Trinajstić information content (AvgIpc) is 3.13. The molecule has 2 heterocycles. The molecule has 0 saturated heterocycles. The number of hydrogen-bond donors (Lipinski definition) is 0. The van der Waals surface area contributed by atoms with Crippen molar-refractivity contribution in [1.82, 2.24) is 15.0 Å². The van der Waals surface area contributed by atoms with Crippen molar-refractivity contribution >= 4 is 62.9 Å². The van der Waals surface area contributed by atoms with Crippen molar-refractivity contribution in [2.24, 2.45) is 0 Å². The maximum absolute atomic E-state index is 12.5. The lowest BCUT2D eigenvalue weighted by atomic mass is 10.1. The Morgan fingerprint density at radius 1 is 1.07 bits per heavy atom. The molecule has 0 N–H and O–H groups in total. The van der Waals surface area contributed by atoms with Crippen LogP contribution in [-0.4, -0.2) is 19.2 Å². The summed E-state index contributed by atoms with van der Waals surface area (Å²) >= 11 is 17.6. The van der Waals surface area contributed by atoms with E-state index in [1.807, 2.05) is 0 Å². The van der Waals surface area contributed by atoms with Crippen molar-refractivity contribution in [3.05, 3.63) is 70.1 Å². The summed E-state index contributed by atoms with van der Waals surface area (Å²) in [6, 6.07) is 4.99. The summed E-state index contributed by atoms with van der Waals surface area (Å²) in [4.78, 5) is 12.1. The molecular formula is C18H12BrCl3F3N3O2. The van der Waals surface area contributed by atoms with E-state index in [9.17, 15) is 13.2 Å². The van der Waals surface area contributed by atoms with Gasteiger partial charge in [0.15, 0.2) is 4.30 Å². The third kappa shape index (κ3) is 8.91. The Labute approximate surface area is 193 Å². The van der Waals surface area contributed by atoms with E-state index in [0.29, 0.717) is 17.1 Å². The van der Waals surface area contributed by atoms with Crippen LogP contribution in [0.15, 0.2) is 51.8 Å². The minimum Gasteiger partial charge on any atom is -0.457 e. The van der Waals surface area contributed by atoms with Crippen LogP contribution in [0.2, 0.25) is 0 Å². The van der Waals surface area contributed by atoms with E-state index < -0.39 is 16.0 Å². The molecule has 0 atom stereocenters. The first-order valence-electron chi connectivity index (χ1n) is 7.96. The fourth-order valence-corrected chi connectivity index (χ4v) is 2.13. The van der Waals surface area contributed by atoms with Crippen molar-refractivity contribution < 1.29 is 22.3 Å². The van der Waals surface area contributed by atoms with Crippen LogP contribution in [0, 0.1) is 0 Å². The molecule has 5 nitrogen and oxygen atoms in total. The second-order valence-electron chi connectivity index (χ2n) is 5.35. The van der Waals surface area contributed by atoms with Crippen LogP contribution in [0.4, 0.5) is 13.2 Å². The molecule has 0 unspecified atom stereocenters. The molecule has 0 aliphatic rings. The van der Waals surface area contributed by atoms with Gasteiger partial charge in [-0.25, -0.2) is 15.0 Å². The molecule has 3 rings (SSSR count). The molecule has 0 spiro atoms. The third-order valence-electron chi connectivity index (χ3n) is 3.17. The first-order chi connectivity index (χ1) is 14.1. The molecule has 30 heavy (non-hydrogen) atoms. The molecule has 0 radical (unpaired) electrons. The van der Waals surface area contributed by atoms with Crippen molar-refractivity contribution in [1.29, 1.82) is 0 Å². The highest BCUT2D eigenvalue weighted by Gasteiger charge is 2.29. The van der Waals surface area contributed by atoms with Crippen LogP contribution < -0.4 is 4.74 Å². The molecule has 2 aromatic heterocycles. The van der Waals surface area contributed by atoms with Gasteiger partial charge in [0.25, 0.3) is 0 Å². The maximum Gasteiger partial charge on any atom is 0.416 e. The maximum atomic E-state index is 12.5. The quantitative estimate of drug-likeness (QED) is 0.324. The van der Waals surface area contributed by atoms with Gasteiger partial charge in [0.05, 0.1) is 10.0 Å². The van der Waals surface area contributed by atoms with Gasteiger partial charge < -0.3 is 9.15 Å². The van der Waals surface area contributed by atoms with Crippen molar-refractivity contribution in [2.75, 3.05) is 0 Å². The summed E-state index contributed by atoms with van der Waals surface area (Å²) in [5, 5.41) is 0. The molecule has 0 saturated carbocycles. The van der Waals surface area contributed by atoms with E-state index >= 15 is 0 Å². The summed E-state index contributed by atoms with van der Waals surface area (Å²) in [7, 11) is 0. The molecule has 0 aliphatic carbocycles. The van der Waals surface area contributed by atoms with E-state index in [2.05, 4.69) is 30.9 Å². The highest BCUT2D eigenvalue weighted by atomic mass is 79.9. The number of nitrogens with zero attached hydrogens (tertiary/aromatic N) is 3. The molecule has 0 aliphatic heterocycles. The number of benzene rings is 1. The van der Waals surface area contributed by atoms with Gasteiger partial charge in [0, 0.05) is 18.5 Å². The van der Waals surface area contributed by atoms with E-state index in [1.165, 1.54) is 18.4 Å². The van der Waals surface area contributed by atoms with E-state index in [1.54, 1.807) is 24.5 Å². The Bertz CT molecular complexity index is 947. The first-order valence-corrected chi connectivity index (χ1v) is 10.1. The van der Waals surface area contributed by atoms with E-state index in [-0.39, 0.29) is 12.6 Å². The fourth-order valence-electron chi connectivity index (χ4n) is 1.93. The number of alkyl halides is 6. The summed E-state index contributed by atoms with van der Waals surface area (Å²) in [6.45, 7) is 0.124. The summed E-state index contributed by atoms with van der Waals surface area (Å²) in [6.07, 6.45) is 3.35. The Kier molecular flexibility index (Phi) is 9.41. The van der Waals surface area contributed by atoms with Crippen LogP contribution >= 0.6 is 50.7 Å². The van der Waals surface area contributed by atoms with E-state index in [0.717, 1.165) is 16.6 Å². The second-order valence-corrected chi connectivity index (χ2v) is 8.25. The standard InChI is InChI=1S/C17H11BrF3N3O2.CHCl3/c18-13-7-22-16(23-8-13)26-10-14-9-25-15(24-14)6-3-11-1-4-12(5-2-11)17(19,20)21;2-1(3)4/h1-9H,10H2;1H. The third-order valence-corrected chi connectivity index (χ3v) is 3.58. The topological polar surface area (TPSA) is 61.0 Å². The smallest absolute Gasteiger partial charge is 0.416 e. The lowest BCUT2D eigenvalue weighted by Gasteiger charge is -2.05. The summed E-state index contributed by atoms with van der Waals surface area (Å²) in [5.41, 5.74) is 0.432. The average molecular weight is 546 g/mol. The Hall–Kier alpha value is -1.81.